The van der Waals surface area contributed by atoms with E-state index in [1.165, 1.54) is 17.5 Å². The first kappa shape index (κ1) is 16.1. The SMILES string of the molecule is C#CCN(CC1CCN(C(C)=O)CC1)C1CCc2ccccc21. The van der Waals surface area contributed by atoms with Gasteiger partial charge in [0.25, 0.3) is 0 Å². The zero-order chi connectivity index (χ0) is 16.2. The van der Waals surface area contributed by atoms with E-state index in [1.807, 2.05) is 4.90 Å². The van der Waals surface area contributed by atoms with Crippen molar-refractivity contribution in [2.24, 2.45) is 5.92 Å². The minimum atomic E-state index is 0.202. The predicted octanol–water partition coefficient (Wildman–Crippen LogP) is 2.87. The van der Waals surface area contributed by atoms with Gasteiger partial charge in [-0.1, -0.05) is 30.2 Å². The first-order valence-electron chi connectivity index (χ1n) is 8.70. The minimum absolute atomic E-state index is 0.202. The number of piperidine rings is 1. The van der Waals surface area contributed by atoms with Crippen LogP contribution in [0.1, 0.15) is 43.4 Å². The molecule has 1 amide bonds. The summed E-state index contributed by atoms with van der Waals surface area (Å²) in [4.78, 5) is 15.9. The van der Waals surface area contributed by atoms with Crippen LogP contribution in [0, 0.1) is 18.3 Å². The molecule has 1 saturated heterocycles. The highest BCUT2D eigenvalue weighted by molar-refractivity contribution is 5.73. The van der Waals surface area contributed by atoms with E-state index in [-0.39, 0.29) is 5.91 Å². The van der Waals surface area contributed by atoms with Gasteiger partial charge < -0.3 is 4.90 Å². The Bertz CT molecular complexity index is 596. The van der Waals surface area contributed by atoms with E-state index in [1.54, 1.807) is 6.92 Å². The summed E-state index contributed by atoms with van der Waals surface area (Å²) in [6.07, 6.45) is 10.2. The molecule has 23 heavy (non-hydrogen) atoms. The van der Waals surface area contributed by atoms with Gasteiger partial charge in [0, 0.05) is 32.6 Å². The van der Waals surface area contributed by atoms with Crippen LogP contribution in [0.25, 0.3) is 0 Å². The summed E-state index contributed by atoms with van der Waals surface area (Å²) in [5.41, 5.74) is 2.94. The lowest BCUT2D eigenvalue weighted by atomic mass is 9.95. The van der Waals surface area contributed by atoms with Crippen molar-refractivity contribution in [3.05, 3.63) is 35.4 Å². The third kappa shape index (κ3) is 3.59. The first-order chi connectivity index (χ1) is 11.2. The summed E-state index contributed by atoms with van der Waals surface area (Å²) in [7, 11) is 0. The molecule has 0 spiro atoms. The van der Waals surface area contributed by atoms with Crippen molar-refractivity contribution in [1.82, 2.24) is 9.80 Å². The number of rotatable bonds is 4. The Labute approximate surface area is 139 Å². The Hall–Kier alpha value is -1.79. The van der Waals surface area contributed by atoms with Gasteiger partial charge in [0.2, 0.25) is 5.91 Å². The molecule has 1 atom stereocenters. The average molecular weight is 310 g/mol. The van der Waals surface area contributed by atoms with Crippen molar-refractivity contribution in [1.29, 1.82) is 0 Å². The van der Waals surface area contributed by atoms with E-state index in [0.29, 0.717) is 18.5 Å². The van der Waals surface area contributed by atoms with Crippen molar-refractivity contribution in [2.75, 3.05) is 26.2 Å². The fourth-order valence-corrected chi connectivity index (χ4v) is 4.10. The molecule has 3 heteroatoms. The summed E-state index contributed by atoms with van der Waals surface area (Å²) in [5, 5.41) is 0. The number of terminal acetylenes is 1. The van der Waals surface area contributed by atoms with E-state index in [9.17, 15) is 4.79 Å². The van der Waals surface area contributed by atoms with Gasteiger partial charge in [0.15, 0.2) is 0 Å². The largest absolute Gasteiger partial charge is 0.343 e. The Morgan fingerprint density at radius 3 is 2.74 bits per heavy atom. The lowest BCUT2D eigenvalue weighted by molar-refractivity contribution is -0.130. The second kappa shape index (κ2) is 7.19. The van der Waals surface area contributed by atoms with E-state index in [2.05, 4.69) is 35.1 Å². The number of aryl methyl sites for hydroxylation is 1. The molecule has 1 heterocycles. The van der Waals surface area contributed by atoms with Crippen LogP contribution in [0.4, 0.5) is 0 Å². The lowest BCUT2D eigenvalue weighted by Crippen LogP contribution is -2.41. The van der Waals surface area contributed by atoms with Gasteiger partial charge in [0.1, 0.15) is 0 Å². The Balaban J connectivity index is 1.65. The van der Waals surface area contributed by atoms with Gasteiger partial charge >= 0.3 is 0 Å². The highest BCUT2D eigenvalue weighted by Crippen LogP contribution is 2.36. The summed E-state index contributed by atoms with van der Waals surface area (Å²) in [6.45, 7) is 5.22. The summed E-state index contributed by atoms with van der Waals surface area (Å²) < 4.78 is 0. The van der Waals surface area contributed by atoms with Crippen LogP contribution in [-0.2, 0) is 11.2 Å². The lowest BCUT2D eigenvalue weighted by Gasteiger charge is -2.36. The molecule has 1 aromatic rings. The molecule has 1 aromatic carbocycles. The zero-order valence-electron chi connectivity index (χ0n) is 14.0. The van der Waals surface area contributed by atoms with Crippen LogP contribution < -0.4 is 0 Å². The zero-order valence-corrected chi connectivity index (χ0v) is 14.0. The van der Waals surface area contributed by atoms with Gasteiger partial charge in [-0.05, 0) is 42.7 Å². The number of carbonyl (C=O) groups excluding carboxylic acids is 1. The molecule has 0 radical (unpaired) electrons. The van der Waals surface area contributed by atoms with Crippen molar-refractivity contribution in [3.8, 4) is 12.3 Å². The maximum Gasteiger partial charge on any atom is 0.219 e. The maximum absolute atomic E-state index is 11.5. The molecule has 3 nitrogen and oxygen atoms in total. The molecule has 0 saturated carbocycles. The maximum atomic E-state index is 11.5. The molecule has 122 valence electrons. The van der Waals surface area contributed by atoms with E-state index >= 15 is 0 Å². The standard InChI is InChI=1S/C20H26N2O/c1-3-12-22(15-17-10-13-21(14-11-17)16(2)23)20-9-8-18-6-4-5-7-19(18)20/h1,4-7,17,20H,8-15H2,2H3. The number of amides is 1. The quantitative estimate of drug-likeness (QED) is 0.798. The summed E-state index contributed by atoms with van der Waals surface area (Å²) in [5.74, 6) is 3.70. The van der Waals surface area contributed by atoms with Crippen molar-refractivity contribution in [3.63, 3.8) is 0 Å². The fraction of sp³-hybridized carbons (Fsp3) is 0.550. The van der Waals surface area contributed by atoms with Crippen molar-refractivity contribution < 1.29 is 4.79 Å². The number of likely N-dealkylation sites (tertiary alicyclic amines) is 1. The third-order valence-corrected chi connectivity index (χ3v) is 5.39. The monoisotopic (exact) mass is 310 g/mol. The number of carbonyl (C=O) groups is 1. The van der Waals surface area contributed by atoms with E-state index in [0.717, 1.165) is 38.9 Å². The highest BCUT2D eigenvalue weighted by atomic mass is 16.2. The topological polar surface area (TPSA) is 23.6 Å². The number of hydrogen-bond acceptors (Lipinski definition) is 2. The molecule has 1 aliphatic carbocycles. The van der Waals surface area contributed by atoms with Crippen LogP contribution in [0.2, 0.25) is 0 Å². The highest BCUT2D eigenvalue weighted by Gasteiger charge is 2.30. The molecule has 0 aromatic heterocycles. The summed E-state index contributed by atoms with van der Waals surface area (Å²) >= 11 is 0. The van der Waals surface area contributed by atoms with Crippen molar-refractivity contribution >= 4 is 5.91 Å². The second-order valence-corrected chi connectivity index (χ2v) is 6.84. The molecule has 1 aliphatic heterocycles. The Morgan fingerprint density at radius 1 is 1.30 bits per heavy atom. The van der Waals surface area contributed by atoms with Gasteiger partial charge in [-0.2, -0.15) is 0 Å². The Morgan fingerprint density at radius 2 is 2.04 bits per heavy atom. The predicted molar refractivity (Wildman–Crippen MR) is 92.9 cm³/mol. The number of hydrogen-bond donors (Lipinski definition) is 0. The van der Waals surface area contributed by atoms with Crippen LogP contribution >= 0.6 is 0 Å². The van der Waals surface area contributed by atoms with Crippen LogP contribution in [-0.4, -0.2) is 41.9 Å². The molecule has 1 unspecified atom stereocenters. The average Bonchev–Trinajstić information content (AvgIpc) is 2.99. The molecule has 2 aliphatic rings. The van der Waals surface area contributed by atoms with Gasteiger partial charge in [-0.15, -0.1) is 6.42 Å². The third-order valence-electron chi connectivity index (χ3n) is 5.39. The Kier molecular flexibility index (Phi) is 5.03. The van der Waals surface area contributed by atoms with Crippen LogP contribution in [0.3, 0.4) is 0 Å². The normalized spacial score (nSPS) is 21.3. The second-order valence-electron chi connectivity index (χ2n) is 6.84. The van der Waals surface area contributed by atoms with Crippen LogP contribution in [0.5, 0.6) is 0 Å². The van der Waals surface area contributed by atoms with Crippen molar-refractivity contribution in [2.45, 2.75) is 38.6 Å². The first-order valence-corrected chi connectivity index (χ1v) is 8.70. The molecular formula is C20H26N2O. The van der Waals surface area contributed by atoms with Gasteiger partial charge in [-0.3, -0.25) is 9.69 Å². The van der Waals surface area contributed by atoms with Gasteiger partial charge in [-0.25, -0.2) is 0 Å². The smallest absolute Gasteiger partial charge is 0.219 e. The van der Waals surface area contributed by atoms with Crippen LogP contribution in [0.15, 0.2) is 24.3 Å². The van der Waals surface area contributed by atoms with E-state index in [4.69, 9.17) is 6.42 Å². The number of benzene rings is 1. The minimum Gasteiger partial charge on any atom is -0.343 e. The van der Waals surface area contributed by atoms with Gasteiger partial charge in [0.05, 0.1) is 6.54 Å². The fourth-order valence-electron chi connectivity index (χ4n) is 4.10. The molecular weight excluding hydrogens is 284 g/mol. The molecule has 0 bridgehead atoms. The van der Waals surface area contributed by atoms with E-state index < -0.39 is 0 Å². The molecule has 3 rings (SSSR count). The number of fused-ring (bicyclic) bond motifs is 1. The summed E-state index contributed by atoms with van der Waals surface area (Å²) in [6, 6.07) is 9.23. The molecule has 1 fully saturated rings. The number of nitrogens with zero attached hydrogens (tertiary/aromatic N) is 2. The molecule has 0 N–H and O–H groups in total.